The fourth-order valence-electron chi connectivity index (χ4n) is 0.248. The maximum absolute atomic E-state index is 10.4. The number of hydrogen-bond donors (Lipinski definition) is 2. The van der Waals surface area contributed by atoms with Gasteiger partial charge in [0.15, 0.2) is 16.6 Å². The molecule has 0 fully saturated rings. The van der Waals surface area contributed by atoms with Crippen molar-refractivity contribution in [2.45, 2.75) is 13.0 Å². The van der Waals surface area contributed by atoms with Crippen LogP contribution in [0.2, 0.25) is 0 Å². The molecule has 7 heteroatoms. The Bertz CT molecular complexity index is 183. The van der Waals surface area contributed by atoms with Crippen LogP contribution in [0.4, 0.5) is 0 Å². The van der Waals surface area contributed by atoms with Crippen molar-refractivity contribution in [3.05, 3.63) is 0 Å². The second-order valence-electron chi connectivity index (χ2n) is 1.71. The molecule has 0 aliphatic carbocycles. The number of hydrogen-bond acceptors (Lipinski definition) is 5. The summed E-state index contributed by atoms with van der Waals surface area (Å²) < 4.78 is 23.9. The molecule has 62 valence electrons. The monoisotopic (exact) mass is 191 g/mol. The van der Waals surface area contributed by atoms with Crippen LogP contribution in [0.25, 0.3) is 0 Å². The van der Waals surface area contributed by atoms with Gasteiger partial charge in [-0.05, 0) is 6.92 Å². The molecule has 0 bridgehead atoms. The summed E-state index contributed by atoms with van der Waals surface area (Å²) in [5.74, 6) is -1.30. The van der Waals surface area contributed by atoms with Gasteiger partial charge in [0, 0.05) is 0 Å². The molecule has 2 N–H and O–H groups in total. The molecule has 0 aliphatic heterocycles. The first-order chi connectivity index (χ1) is 4.54. The van der Waals surface area contributed by atoms with E-state index in [0.717, 1.165) is 0 Å². The van der Waals surface area contributed by atoms with Gasteiger partial charge in [-0.15, -0.1) is 0 Å². The fourth-order valence-corrected chi connectivity index (χ4v) is 0.480. The zero-order chi connectivity index (χ0) is 8.15. The Kier molecular flexibility index (Phi) is 8.93. The molecule has 11 heavy (non-hydrogen) atoms. The van der Waals surface area contributed by atoms with Gasteiger partial charge in [-0.2, -0.15) is 0 Å². The number of carbonyl (C=O) groups excluding carboxylic acids is 1. The van der Waals surface area contributed by atoms with Gasteiger partial charge in [0.05, 0.1) is 0 Å². The average Bonchev–Trinajstić information content (AvgIpc) is 1.82. The third-order valence-corrected chi connectivity index (χ3v) is 1.02. The van der Waals surface area contributed by atoms with Crippen LogP contribution in [0.1, 0.15) is 6.92 Å². The van der Waals surface area contributed by atoms with Crippen LogP contribution < -0.4 is 5.73 Å². The molecule has 0 aromatic carbocycles. The first kappa shape index (κ1) is 13.9. The molecule has 0 radical (unpaired) electrons. The Morgan fingerprint density at radius 2 is 2.09 bits per heavy atom. The first-order valence-corrected chi connectivity index (χ1v) is 3.94. The standard InChI is InChI=1S/C4H9NO4S.Na.H/c1-3(5)4(6)9-2-10(7)8;;/h3,10H,2,5H2,1H3;;/t3-;;/m0../s1. The minimum absolute atomic E-state index is 0. The molecule has 0 rings (SSSR count). The zero-order valence-corrected chi connectivity index (χ0v) is 6.34. The van der Waals surface area contributed by atoms with Crippen LogP contribution >= 0.6 is 0 Å². The number of thiol groups is 1. The van der Waals surface area contributed by atoms with Crippen molar-refractivity contribution < 1.29 is 17.9 Å². The Morgan fingerprint density at radius 1 is 1.64 bits per heavy atom. The number of carbonyl (C=O) groups is 1. The molecule has 0 saturated carbocycles. The van der Waals surface area contributed by atoms with E-state index in [9.17, 15) is 13.2 Å². The topological polar surface area (TPSA) is 86.5 Å². The molecule has 0 unspecified atom stereocenters. The molecule has 5 nitrogen and oxygen atoms in total. The predicted molar refractivity (Wildman–Crippen MR) is 42.1 cm³/mol. The molecular weight excluding hydrogens is 181 g/mol. The van der Waals surface area contributed by atoms with E-state index in [-0.39, 0.29) is 29.6 Å². The van der Waals surface area contributed by atoms with Crippen LogP contribution in [-0.4, -0.2) is 55.9 Å². The number of esters is 1. The maximum atomic E-state index is 10.4. The van der Waals surface area contributed by atoms with Gasteiger partial charge < -0.3 is 10.5 Å². The van der Waals surface area contributed by atoms with Gasteiger partial charge in [-0.25, -0.2) is 8.42 Å². The number of ether oxygens (including phenoxy) is 1. The Balaban J connectivity index is 0. The van der Waals surface area contributed by atoms with Gasteiger partial charge in [-0.3, -0.25) is 4.79 Å². The summed E-state index contributed by atoms with van der Waals surface area (Å²) in [5.41, 5.74) is 5.05. The van der Waals surface area contributed by atoms with E-state index in [1.54, 1.807) is 0 Å². The first-order valence-electron chi connectivity index (χ1n) is 2.58. The van der Waals surface area contributed by atoms with Gasteiger partial charge >= 0.3 is 35.5 Å². The normalized spacial score (nSPS) is 11.9. The van der Waals surface area contributed by atoms with Crippen molar-refractivity contribution in [1.29, 1.82) is 0 Å². The molecular formula is C4H10NNaO4S. The van der Waals surface area contributed by atoms with Crippen LogP contribution in [0.15, 0.2) is 0 Å². The number of rotatable bonds is 3. The van der Waals surface area contributed by atoms with E-state index in [2.05, 4.69) is 4.74 Å². The van der Waals surface area contributed by atoms with E-state index in [1.165, 1.54) is 6.92 Å². The van der Waals surface area contributed by atoms with Gasteiger partial charge in [-0.1, -0.05) is 0 Å². The zero-order valence-electron chi connectivity index (χ0n) is 5.44. The fraction of sp³-hybridized carbons (Fsp3) is 0.750. The summed E-state index contributed by atoms with van der Waals surface area (Å²) >= 11 is 0. The van der Waals surface area contributed by atoms with E-state index in [0.29, 0.717) is 0 Å². The van der Waals surface area contributed by atoms with Gasteiger partial charge in [0.1, 0.15) is 6.04 Å². The molecule has 0 saturated heterocycles. The van der Waals surface area contributed by atoms with Crippen molar-refractivity contribution in [3.63, 3.8) is 0 Å². The van der Waals surface area contributed by atoms with Crippen LogP contribution in [0, 0.1) is 0 Å². The molecule has 0 spiro atoms. The van der Waals surface area contributed by atoms with Crippen molar-refractivity contribution in [2.75, 3.05) is 5.94 Å². The van der Waals surface area contributed by atoms with E-state index in [4.69, 9.17) is 5.73 Å². The summed E-state index contributed by atoms with van der Waals surface area (Å²) in [6, 6.07) is -0.769. The third-order valence-electron chi connectivity index (χ3n) is 0.684. The van der Waals surface area contributed by atoms with Crippen LogP contribution in [0.3, 0.4) is 0 Å². The Labute approximate surface area is 88.5 Å². The summed E-state index contributed by atoms with van der Waals surface area (Å²) in [6.45, 7) is 1.42. The summed E-state index contributed by atoms with van der Waals surface area (Å²) in [7, 11) is -2.66. The van der Waals surface area contributed by atoms with Crippen molar-refractivity contribution in [1.82, 2.24) is 0 Å². The molecule has 0 heterocycles. The summed E-state index contributed by atoms with van der Waals surface area (Å²) in [5, 5.41) is 0. The Hall–Kier alpha value is 0.380. The minimum atomic E-state index is -2.66. The van der Waals surface area contributed by atoms with Gasteiger partial charge in [0.2, 0.25) is 0 Å². The molecule has 1 atom stereocenters. The average molecular weight is 191 g/mol. The third kappa shape index (κ3) is 8.28. The van der Waals surface area contributed by atoms with E-state index in [1.807, 2.05) is 0 Å². The second-order valence-corrected chi connectivity index (χ2v) is 2.64. The summed E-state index contributed by atoms with van der Waals surface area (Å²) in [6.07, 6.45) is 0. The predicted octanol–water partition coefficient (Wildman–Crippen LogP) is -2.20. The SMILES string of the molecule is C[C@H](N)C(=O)OC[SH](=O)=O.[NaH]. The molecule has 0 aliphatic rings. The molecule has 0 aromatic heterocycles. The van der Waals surface area contributed by atoms with Gasteiger partial charge in [0.25, 0.3) is 0 Å². The number of nitrogens with two attached hydrogens (primary N) is 1. The molecule has 0 amide bonds. The van der Waals surface area contributed by atoms with Crippen LogP contribution in [-0.2, 0) is 20.2 Å². The van der Waals surface area contributed by atoms with Crippen molar-refractivity contribution in [2.24, 2.45) is 5.73 Å². The van der Waals surface area contributed by atoms with E-state index >= 15 is 0 Å². The van der Waals surface area contributed by atoms with Crippen LogP contribution in [0.5, 0.6) is 0 Å². The second kappa shape index (κ2) is 7.05. The quantitative estimate of drug-likeness (QED) is 0.300. The van der Waals surface area contributed by atoms with Crippen molar-refractivity contribution >= 4 is 46.2 Å². The van der Waals surface area contributed by atoms with E-state index < -0.39 is 28.7 Å². The summed E-state index contributed by atoms with van der Waals surface area (Å²) in [4.78, 5) is 10.4. The van der Waals surface area contributed by atoms with Crippen molar-refractivity contribution in [3.8, 4) is 0 Å². The Morgan fingerprint density at radius 3 is 2.36 bits per heavy atom. The molecule has 0 aromatic rings.